The fourth-order valence-electron chi connectivity index (χ4n) is 1.59. The lowest BCUT2D eigenvalue weighted by atomic mass is 10.00. The zero-order chi connectivity index (χ0) is 11.3. The maximum Gasteiger partial charge on any atom is 0.0801 e. The predicted octanol–water partition coefficient (Wildman–Crippen LogP) is 3.88. The first-order valence-corrected chi connectivity index (χ1v) is 6.68. The van der Waals surface area contributed by atoms with Crippen LogP contribution < -0.4 is 0 Å². The second-order valence-corrected chi connectivity index (χ2v) is 5.08. The smallest absolute Gasteiger partial charge is 0.0801 e. The molecule has 0 aliphatic heterocycles. The van der Waals surface area contributed by atoms with E-state index in [1.165, 1.54) is 4.90 Å². The Morgan fingerprint density at radius 1 is 1.20 bits per heavy atom. The molecule has 1 unspecified atom stereocenters. The van der Waals surface area contributed by atoms with Crippen molar-refractivity contribution in [2.75, 3.05) is 6.26 Å². The van der Waals surface area contributed by atoms with Crippen molar-refractivity contribution in [3.63, 3.8) is 0 Å². The van der Waals surface area contributed by atoms with Gasteiger partial charge in [-0.25, -0.2) is 0 Å². The van der Waals surface area contributed by atoms with E-state index in [1.807, 2.05) is 24.5 Å². The molecule has 0 aliphatic carbocycles. The molecule has 0 amide bonds. The van der Waals surface area contributed by atoms with E-state index in [4.69, 9.17) is 0 Å². The molecule has 84 valence electrons. The quantitative estimate of drug-likeness (QED) is 0.766. The molecule has 1 aromatic rings. The predicted molar refractivity (Wildman–Crippen MR) is 67.3 cm³/mol. The van der Waals surface area contributed by atoms with E-state index in [0.717, 1.165) is 18.4 Å². The number of hydrogen-bond acceptors (Lipinski definition) is 2. The van der Waals surface area contributed by atoms with E-state index in [2.05, 4.69) is 19.9 Å². The van der Waals surface area contributed by atoms with Gasteiger partial charge in [-0.1, -0.05) is 32.0 Å². The minimum absolute atomic E-state index is 0.309. The van der Waals surface area contributed by atoms with Gasteiger partial charge in [0.1, 0.15) is 0 Å². The van der Waals surface area contributed by atoms with Gasteiger partial charge in [0.05, 0.1) is 6.10 Å². The molecule has 1 atom stereocenters. The van der Waals surface area contributed by atoms with Gasteiger partial charge in [-0.15, -0.1) is 11.8 Å². The number of rotatable bonds is 5. The number of hydrogen-bond donors (Lipinski definition) is 1. The van der Waals surface area contributed by atoms with E-state index in [0.29, 0.717) is 5.92 Å². The van der Waals surface area contributed by atoms with Gasteiger partial charge in [-0.2, -0.15) is 0 Å². The summed E-state index contributed by atoms with van der Waals surface area (Å²) in [6, 6.07) is 8.10. The van der Waals surface area contributed by atoms with Crippen LogP contribution in [-0.4, -0.2) is 11.4 Å². The highest BCUT2D eigenvalue weighted by Crippen LogP contribution is 2.28. The minimum atomic E-state index is -0.309. The van der Waals surface area contributed by atoms with Gasteiger partial charge in [0.15, 0.2) is 0 Å². The normalized spacial score (nSPS) is 13.1. The molecular weight excluding hydrogens is 204 g/mol. The van der Waals surface area contributed by atoms with E-state index in [1.54, 1.807) is 11.8 Å². The first kappa shape index (κ1) is 12.6. The van der Waals surface area contributed by atoms with E-state index in [-0.39, 0.29) is 6.10 Å². The Morgan fingerprint density at radius 3 is 2.47 bits per heavy atom. The molecule has 1 rings (SSSR count). The standard InChI is InChI=1S/C13H20OS/c1-10(2)8-9-12(14)11-6-4-5-7-13(11)15-3/h4-7,10,12,14H,8-9H2,1-3H3. The van der Waals surface area contributed by atoms with Crippen LogP contribution in [0.3, 0.4) is 0 Å². The molecule has 1 N–H and O–H groups in total. The molecule has 0 aliphatic rings. The van der Waals surface area contributed by atoms with E-state index in [9.17, 15) is 5.11 Å². The third kappa shape index (κ3) is 3.88. The van der Waals surface area contributed by atoms with Crippen LogP contribution in [0.25, 0.3) is 0 Å². The first-order valence-electron chi connectivity index (χ1n) is 5.46. The SMILES string of the molecule is CSc1ccccc1C(O)CCC(C)C. The van der Waals surface area contributed by atoms with Gasteiger partial charge in [0.2, 0.25) is 0 Å². The number of benzene rings is 1. The molecule has 0 fully saturated rings. The topological polar surface area (TPSA) is 20.2 Å². The monoisotopic (exact) mass is 224 g/mol. The molecule has 0 saturated carbocycles. The van der Waals surface area contributed by atoms with Crippen molar-refractivity contribution in [2.24, 2.45) is 5.92 Å². The van der Waals surface area contributed by atoms with Crippen LogP contribution in [0.1, 0.15) is 38.4 Å². The van der Waals surface area contributed by atoms with Crippen molar-refractivity contribution in [1.29, 1.82) is 0 Å². The lowest BCUT2D eigenvalue weighted by Gasteiger charge is -2.15. The van der Waals surface area contributed by atoms with Crippen LogP contribution >= 0.6 is 11.8 Å². The fraction of sp³-hybridized carbons (Fsp3) is 0.538. The van der Waals surface area contributed by atoms with Gasteiger partial charge in [-0.05, 0) is 36.6 Å². The second kappa shape index (κ2) is 6.19. The third-order valence-electron chi connectivity index (χ3n) is 2.52. The molecule has 0 aromatic heterocycles. The zero-order valence-electron chi connectivity index (χ0n) is 9.73. The molecule has 0 bridgehead atoms. The highest BCUT2D eigenvalue weighted by atomic mass is 32.2. The molecule has 0 saturated heterocycles. The fourth-order valence-corrected chi connectivity index (χ4v) is 2.24. The summed E-state index contributed by atoms with van der Waals surface area (Å²) in [5, 5.41) is 10.1. The Kier molecular flexibility index (Phi) is 5.20. The average Bonchev–Trinajstić information content (AvgIpc) is 2.25. The molecule has 0 radical (unpaired) electrons. The van der Waals surface area contributed by atoms with Crippen molar-refractivity contribution < 1.29 is 5.11 Å². The van der Waals surface area contributed by atoms with Crippen LogP contribution in [0, 0.1) is 5.92 Å². The zero-order valence-corrected chi connectivity index (χ0v) is 10.6. The van der Waals surface area contributed by atoms with Crippen molar-refractivity contribution in [3.05, 3.63) is 29.8 Å². The average molecular weight is 224 g/mol. The summed E-state index contributed by atoms with van der Waals surface area (Å²) < 4.78 is 0. The maximum absolute atomic E-state index is 10.1. The van der Waals surface area contributed by atoms with Crippen molar-refractivity contribution in [3.8, 4) is 0 Å². The summed E-state index contributed by atoms with van der Waals surface area (Å²) in [5.41, 5.74) is 1.07. The maximum atomic E-state index is 10.1. The van der Waals surface area contributed by atoms with Crippen LogP contribution in [0.4, 0.5) is 0 Å². The molecule has 15 heavy (non-hydrogen) atoms. The van der Waals surface area contributed by atoms with Crippen molar-refractivity contribution in [2.45, 2.75) is 37.7 Å². The van der Waals surface area contributed by atoms with Crippen molar-refractivity contribution >= 4 is 11.8 Å². The van der Waals surface area contributed by atoms with Crippen LogP contribution in [0.15, 0.2) is 29.2 Å². The lowest BCUT2D eigenvalue weighted by Crippen LogP contribution is -2.01. The minimum Gasteiger partial charge on any atom is -0.388 e. The van der Waals surface area contributed by atoms with Gasteiger partial charge >= 0.3 is 0 Å². The lowest BCUT2D eigenvalue weighted by molar-refractivity contribution is 0.156. The molecular formula is C13H20OS. The van der Waals surface area contributed by atoms with Crippen LogP contribution in [0.5, 0.6) is 0 Å². The third-order valence-corrected chi connectivity index (χ3v) is 3.33. The Balaban J connectivity index is 2.68. The summed E-state index contributed by atoms with van der Waals surface area (Å²) in [7, 11) is 0. The van der Waals surface area contributed by atoms with E-state index < -0.39 is 0 Å². The first-order chi connectivity index (χ1) is 7.15. The Hall–Kier alpha value is -0.470. The van der Waals surface area contributed by atoms with Gasteiger partial charge in [0, 0.05) is 4.90 Å². The molecule has 1 aromatic carbocycles. The summed E-state index contributed by atoms with van der Waals surface area (Å²) >= 11 is 1.70. The highest BCUT2D eigenvalue weighted by Gasteiger charge is 2.11. The van der Waals surface area contributed by atoms with Crippen molar-refractivity contribution in [1.82, 2.24) is 0 Å². The number of aliphatic hydroxyl groups is 1. The summed E-state index contributed by atoms with van der Waals surface area (Å²) in [6.07, 6.45) is 3.67. The highest BCUT2D eigenvalue weighted by molar-refractivity contribution is 7.98. The summed E-state index contributed by atoms with van der Waals surface area (Å²) in [4.78, 5) is 1.19. The molecule has 0 heterocycles. The van der Waals surface area contributed by atoms with Crippen LogP contribution in [0.2, 0.25) is 0 Å². The Morgan fingerprint density at radius 2 is 1.87 bits per heavy atom. The molecule has 2 heteroatoms. The summed E-state index contributed by atoms with van der Waals surface area (Å²) in [5.74, 6) is 0.654. The van der Waals surface area contributed by atoms with Gasteiger partial charge in [-0.3, -0.25) is 0 Å². The Bertz CT molecular complexity index is 296. The second-order valence-electron chi connectivity index (χ2n) is 4.23. The summed E-state index contributed by atoms with van der Waals surface area (Å²) in [6.45, 7) is 4.38. The largest absolute Gasteiger partial charge is 0.388 e. The van der Waals surface area contributed by atoms with E-state index >= 15 is 0 Å². The van der Waals surface area contributed by atoms with Crippen LogP contribution in [-0.2, 0) is 0 Å². The van der Waals surface area contributed by atoms with Gasteiger partial charge < -0.3 is 5.11 Å². The molecule has 0 spiro atoms. The number of aliphatic hydroxyl groups excluding tert-OH is 1. The van der Waals surface area contributed by atoms with Gasteiger partial charge in [0.25, 0.3) is 0 Å². The number of thioether (sulfide) groups is 1. The molecule has 1 nitrogen and oxygen atoms in total. The Labute approximate surface area is 96.9 Å².